The SMILES string of the molecule is CC(C)n1cncc1Cn1ccnc1CN. The number of hydrogen-bond donors (Lipinski definition) is 1. The molecule has 0 amide bonds. The van der Waals surface area contributed by atoms with Crippen molar-refractivity contribution in [2.75, 3.05) is 0 Å². The van der Waals surface area contributed by atoms with Gasteiger partial charge in [-0.2, -0.15) is 0 Å². The third-order valence-electron chi connectivity index (χ3n) is 2.62. The van der Waals surface area contributed by atoms with Crippen molar-refractivity contribution in [1.29, 1.82) is 0 Å². The first-order valence-electron chi connectivity index (χ1n) is 5.43. The quantitative estimate of drug-likeness (QED) is 0.839. The third kappa shape index (κ3) is 1.99. The van der Waals surface area contributed by atoms with Gasteiger partial charge in [0, 0.05) is 24.6 Å². The minimum Gasteiger partial charge on any atom is -0.330 e. The summed E-state index contributed by atoms with van der Waals surface area (Å²) in [6.45, 7) is 5.51. The monoisotopic (exact) mass is 219 g/mol. The molecular weight excluding hydrogens is 202 g/mol. The predicted molar refractivity (Wildman–Crippen MR) is 61.8 cm³/mol. The minimum absolute atomic E-state index is 0.419. The highest BCUT2D eigenvalue weighted by molar-refractivity contribution is 5.04. The van der Waals surface area contributed by atoms with Crippen molar-refractivity contribution >= 4 is 0 Å². The Bertz CT molecular complexity index is 454. The summed E-state index contributed by atoms with van der Waals surface area (Å²) in [5, 5.41) is 0. The molecule has 0 aliphatic carbocycles. The Morgan fingerprint density at radius 2 is 2.25 bits per heavy atom. The molecule has 0 radical (unpaired) electrons. The van der Waals surface area contributed by atoms with E-state index in [1.165, 1.54) is 5.69 Å². The highest BCUT2D eigenvalue weighted by atomic mass is 15.1. The topological polar surface area (TPSA) is 61.7 Å². The molecule has 2 aromatic rings. The molecule has 5 nitrogen and oxygen atoms in total. The summed E-state index contributed by atoms with van der Waals surface area (Å²) in [7, 11) is 0. The van der Waals surface area contributed by atoms with Gasteiger partial charge in [-0.05, 0) is 13.8 Å². The Morgan fingerprint density at radius 3 is 2.94 bits per heavy atom. The first-order chi connectivity index (χ1) is 7.72. The number of hydrogen-bond acceptors (Lipinski definition) is 3. The zero-order valence-corrected chi connectivity index (χ0v) is 9.67. The highest BCUT2D eigenvalue weighted by Gasteiger charge is 2.07. The maximum absolute atomic E-state index is 5.62. The van der Waals surface area contributed by atoms with Crippen molar-refractivity contribution < 1.29 is 0 Å². The summed E-state index contributed by atoms with van der Waals surface area (Å²) in [5.41, 5.74) is 6.79. The van der Waals surface area contributed by atoms with Crippen LogP contribution in [0.15, 0.2) is 24.9 Å². The highest BCUT2D eigenvalue weighted by Crippen LogP contribution is 2.11. The van der Waals surface area contributed by atoms with E-state index >= 15 is 0 Å². The summed E-state index contributed by atoms with van der Waals surface area (Å²) in [6, 6.07) is 0.419. The number of nitrogens with zero attached hydrogens (tertiary/aromatic N) is 4. The van der Waals surface area contributed by atoms with Crippen molar-refractivity contribution in [3.8, 4) is 0 Å². The summed E-state index contributed by atoms with van der Waals surface area (Å²) in [6.07, 6.45) is 7.47. The van der Waals surface area contributed by atoms with Crippen LogP contribution in [0, 0.1) is 0 Å². The largest absolute Gasteiger partial charge is 0.330 e. The van der Waals surface area contributed by atoms with Crippen LogP contribution in [0.25, 0.3) is 0 Å². The Balaban J connectivity index is 2.23. The van der Waals surface area contributed by atoms with Crippen molar-refractivity contribution in [2.24, 2.45) is 5.73 Å². The number of nitrogens with two attached hydrogens (primary N) is 1. The molecule has 0 spiro atoms. The molecule has 0 saturated heterocycles. The van der Waals surface area contributed by atoms with E-state index < -0.39 is 0 Å². The van der Waals surface area contributed by atoms with Gasteiger partial charge in [0.2, 0.25) is 0 Å². The number of rotatable bonds is 4. The van der Waals surface area contributed by atoms with Gasteiger partial charge in [0.25, 0.3) is 0 Å². The van der Waals surface area contributed by atoms with Crippen molar-refractivity contribution in [3.63, 3.8) is 0 Å². The molecule has 16 heavy (non-hydrogen) atoms. The van der Waals surface area contributed by atoms with Gasteiger partial charge in [-0.3, -0.25) is 0 Å². The van der Waals surface area contributed by atoms with Crippen LogP contribution < -0.4 is 5.73 Å². The number of imidazole rings is 2. The zero-order valence-electron chi connectivity index (χ0n) is 9.67. The summed E-state index contributed by atoms with van der Waals surface area (Å²) >= 11 is 0. The van der Waals surface area contributed by atoms with Gasteiger partial charge in [-0.25, -0.2) is 9.97 Å². The van der Waals surface area contributed by atoms with E-state index in [4.69, 9.17) is 5.73 Å². The van der Waals surface area contributed by atoms with Gasteiger partial charge in [-0.1, -0.05) is 0 Å². The molecule has 86 valence electrons. The molecular formula is C11H17N5. The fourth-order valence-electron chi connectivity index (χ4n) is 1.77. The molecule has 0 atom stereocenters. The average molecular weight is 219 g/mol. The second-order valence-corrected chi connectivity index (χ2v) is 4.06. The fraction of sp³-hybridized carbons (Fsp3) is 0.455. The van der Waals surface area contributed by atoms with Gasteiger partial charge in [-0.15, -0.1) is 0 Å². The van der Waals surface area contributed by atoms with Crippen LogP contribution in [0.1, 0.15) is 31.4 Å². The van der Waals surface area contributed by atoms with E-state index in [1.807, 2.05) is 18.7 Å². The smallest absolute Gasteiger partial charge is 0.122 e. The Kier molecular flexibility index (Phi) is 3.05. The maximum Gasteiger partial charge on any atom is 0.122 e. The molecule has 5 heteroatoms. The van der Waals surface area contributed by atoms with E-state index in [9.17, 15) is 0 Å². The Labute approximate surface area is 94.9 Å². The molecule has 0 aliphatic heterocycles. The standard InChI is InChI=1S/C11H17N5/c1-9(2)16-8-13-6-10(16)7-15-4-3-14-11(15)5-12/h3-4,6,8-9H,5,7,12H2,1-2H3. The normalized spacial score (nSPS) is 11.2. The molecule has 0 saturated carbocycles. The lowest BCUT2D eigenvalue weighted by atomic mass is 10.3. The second kappa shape index (κ2) is 4.49. The van der Waals surface area contributed by atoms with E-state index in [2.05, 4.69) is 32.9 Å². The van der Waals surface area contributed by atoms with Gasteiger partial charge in [0.05, 0.1) is 25.1 Å². The van der Waals surface area contributed by atoms with Crippen LogP contribution in [0.4, 0.5) is 0 Å². The molecule has 0 fully saturated rings. The first kappa shape index (κ1) is 10.9. The van der Waals surface area contributed by atoms with Crippen LogP contribution in [-0.2, 0) is 13.1 Å². The molecule has 2 aromatic heterocycles. The molecule has 2 heterocycles. The van der Waals surface area contributed by atoms with Crippen LogP contribution in [0.5, 0.6) is 0 Å². The van der Waals surface area contributed by atoms with Crippen molar-refractivity contribution in [2.45, 2.75) is 33.0 Å². The molecule has 0 aromatic carbocycles. The lowest BCUT2D eigenvalue weighted by Crippen LogP contribution is -2.12. The van der Waals surface area contributed by atoms with Gasteiger partial charge in [0.1, 0.15) is 5.82 Å². The van der Waals surface area contributed by atoms with Crippen LogP contribution >= 0.6 is 0 Å². The number of aromatic nitrogens is 4. The molecule has 2 rings (SSSR count). The second-order valence-electron chi connectivity index (χ2n) is 4.06. The lowest BCUT2D eigenvalue weighted by Gasteiger charge is -2.13. The van der Waals surface area contributed by atoms with Crippen molar-refractivity contribution in [3.05, 3.63) is 36.4 Å². The van der Waals surface area contributed by atoms with E-state index in [0.29, 0.717) is 12.6 Å². The third-order valence-corrected chi connectivity index (χ3v) is 2.62. The lowest BCUT2D eigenvalue weighted by molar-refractivity contribution is 0.556. The van der Waals surface area contributed by atoms with E-state index in [0.717, 1.165) is 12.4 Å². The fourth-order valence-corrected chi connectivity index (χ4v) is 1.77. The summed E-state index contributed by atoms with van der Waals surface area (Å²) in [4.78, 5) is 8.38. The minimum atomic E-state index is 0.419. The summed E-state index contributed by atoms with van der Waals surface area (Å²) < 4.78 is 4.20. The van der Waals surface area contributed by atoms with Crippen LogP contribution in [-0.4, -0.2) is 19.1 Å². The first-order valence-corrected chi connectivity index (χ1v) is 5.43. The predicted octanol–water partition coefficient (Wildman–Crippen LogP) is 1.17. The van der Waals surface area contributed by atoms with Gasteiger partial charge in [0.15, 0.2) is 0 Å². The van der Waals surface area contributed by atoms with Crippen LogP contribution in [0.2, 0.25) is 0 Å². The van der Waals surface area contributed by atoms with E-state index in [1.54, 1.807) is 6.20 Å². The Morgan fingerprint density at radius 1 is 1.44 bits per heavy atom. The zero-order chi connectivity index (χ0) is 11.5. The average Bonchev–Trinajstić information content (AvgIpc) is 2.86. The van der Waals surface area contributed by atoms with Gasteiger partial charge >= 0.3 is 0 Å². The molecule has 0 unspecified atom stereocenters. The van der Waals surface area contributed by atoms with Crippen molar-refractivity contribution in [1.82, 2.24) is 19.1 Å². The van der Waals surface area contributed by atoms with E-state index in [-0.39, 0.29) is 0 Å². The summed E-state index contributed by atoms with van der Waals surface area (Å²) in [5.74, 6) is 0.900. The Hall–Kier alpha value is -1.62. The maximum atomic E-state index is 5.62. The molecule has 2 N–H and O–H groups in total. The van der Waals surface area contributed by atoms with Gasteiger partial charge < -0.3 is 14.9 Å². The molecule has 0 bridgehead atoms. The van der Waals surface area contributed by atoms with Crippen LogP contribution in [0.3, 0.4) is 0 Å². The molecule has 0 aliphatic rings.